The van der Waals surface area contributed by atoms with Crippen molar-refractivity contribution < 1.29 is 9.53 Å². The van der Waals surface area contributed by atoms with Crippen LogP contribution in [0.4, 0.5) is 0 Å². The third-order valence-corrected chi connectivity index (χ3v) is 3.37. The zero-order valence-corrected chi connectivity index (χ0v) is 11.0. The molecule has 1 fully saturated rings. The van der Waals surface area contributed by atoms with Gasteiger partial charge in [-0.25, -0.2) is 0 Å². The summed E-state index contributed by atoms with van der Waals surface area (Å²) in [6.07, 6.45) is 3.10. The maximum Gasteiger partial charge on any atom is 0.225 e. The summed E-state index contributed by atoms with van der Waals surface area (Å²) in [6.45, 7) is 6.33. The Morgan fingerprint density at radius 1 is 1.50 bits per heavy atom. The molecule has 1 unspecified atom stereocenters. The lowest BCUT2D eigenvalue weighted by Gasteiger charge is -2.33. The highest BCUT2D eigenvalue weighted by molar-refractivity contribution is 6.17. The number of hydrogen-bond donors (Lipinski definition) is 0. The summed E-state index contributed by atoms with van der Waals surface area (Å²) in [7, 11) is 0. The van der Waals surface area contributed by atoms with Crippen molar-refractivity contribution in [2.75, 3.05) is 25.6 Å². The van der Waals surface area contributed by atoms with E-state index in [-0.39, 0.29) is 5.92 Å². The van der Waals surface area contributed by atoms with Gasteiger partial charge < -0.3 is 9.64 Å². The van der Waals surface area contributed by atoms with Crippen LogP contribution < -0.4 is 0 Å². The van der Waals surface area contributed by atoms with Crippen molar-refractivity contribution in [2.45, 2.75) is 39.2 Å². The van der Waals surface area contributed by atoms with Gasteiger partial charge in [0.1, 0.15) is 0 Å². The molecule has 0 aromatic carbocycles. The van der Waals surface area contributed by atoms with Crippen molar-refractivity contribution in [3.8, 4) is 0 Å². The lowest BCUT2D eigenvalue weighted by atomic mass is 10.0. The Morgan fingerprint density at radius 2 is 2.12 bits per heavy atom. The summed E-state index contributed by atoms with van der Waals surface area (Å²) < 4.78 is 5.58. The number of rotatable bonds is 5. The second kappa shape index (κ2) is 7.13. The van der Waals surface area contributed by atoms with E-state index in [1.165, 1.54) is 0 Å². The van der Waals surface area contributed by atoms with Crippen molar-refractivity contribution in [1.29, 1.82) is 0 Å². The number of nitrogens with zero attached hydrogens (tertiary/aromatic N) is 1. The number of carbonyl (C=O) groups excluding carboxylic acids is 1. The standard InChI is InChI=1S/C12H22ClNO2/c1-3-10(2)12(15)14-7-4-11(5-8-14)16-9-6-13/h10-11H,3-9H2,1-2H3. The molecule has 0 aliphatic carbocycles. The maximum absolute atomic E-state index is 11.9. The van der Waals surface area contributed by atoms with Gasteiger partial charge in [0, 0.05) is 24.9 Å². The highest BCUT2D eigenvalue weighted by Crippen LogP contribution is 2.16. The maximum atomic E-state index is 11.9. The van der Waals surface area contributed by atoms with E-state index in [9.17, 15) is 4.79 Å². The first-order valence-corrected chi connectivity index (χ1v) is 6.68. The number of amides is 1. The Bertz CT molecular complexity index is 215. The summed E-state index contributed by atoms with van der Waals surface area (Å²) in [5.74, 6) is 0.991. The average molecular weight is 248 g/mol. The first kappa shape index (κ1) is 13.8. The van der Waals surface area contributed by atoms with Crippen LogP contribution in [0.2, 0.25) is 0 Å². The molecule has 0 aromatic rings. The van der Waals surface area contributed by atoms with Crippen molar-refractivity contribution in [2.24, 2.45) is 5.92 Å². The van der Waals surface area contributed by atoms with E-state index in [0.717, 1.165) is 32.4 Å². The van der Waals surface area contributed by atoms with Crippen LogP contribution >= 0.6 is 11.6 Å². The molecule has 94 valence electrons. The molecule has 1 aliphatic rings. The molecule has 1 atom stereocenters. The Balaban J connectivity index is 2.28. The lowest BCUT2D eigenvalue weighted by Crippen LogP contribution is -2.43. The van der Waals surface area contributed by atoms with Crippen molar-refractivity contribution in [3.05, 3.63) is 0 Å². The van der Waals surface area contributed by atoms with E-state index >= 15 is 0 Å². The normalized spacial score (nSPS) is 19.8. The van der Waals surface area contributed by atoms with Crippen LogP contribution in [0.15, 0.2) is 0 Å². The molecule has 0 bridgehead atoms. The third-order valence-electron chi connectivity index (χ3n) is 3.22. The van der Waals surface area contributed by atoms with Crippen LogP contribution in [-0.4, -0.2) is 42.5 Å². The lowest BCUT2D eigenvalue weighted by molar-refractivity contribution is -0.137. The largest absolute Gasteiger partial charge is 0.377 e. The van der Waals surface area contributed by atoms with Crippen molar-refractivity contribution >= 4 is 17.5 Å². The van der Waals surface area contributed by atoms with Crippen molar-refractivity contribution in [1.82, 2.24) is 4.90 Å². The number of piperidine rings is 1. The molecule has 1 heterocycles. The summed E-state index contributed by atoms with van der Waals surface area (Å²) in [6, 6.07) is 0. The molecular weight excluding hydrogens is 226 g/mol. The summed E-state index contributed by atoms with van der Waals surface area (Å²) in [5.41, 5.74) is 0. The molecule has 1 aliphatic heterocycles. The van der Waals surface area contributed by atoms with Crippen LogP contribution in [0.3, 0.4) is 0 Å². The fourth-order valence-electron chi connectivity index (χ4n) is 1.94. The Morgan fingerprint density at radius 3 is 2.62 bits per heavy atom. The summed E-state index contributed by atoms with van der Waals surface area (Å²) >= 11 is 5.57. The molecule has 1 saturated heterocycles. The van der Waals surface area contributed by atoms with Gasteiger partial charge in [-0.05, 0) is 19.3 Å². The van der Waals surface area contributed by atoms with Crippen LogP contribution in [0.25, 0.3) is 0 Å². The van der Waals surface area contributed by atoms with E-state index in [1.54, 1.807) is 0 Å². The van der Waals surface area contributed by atoms with Gasteiger partial charge in [0.15, 0.2) is 0 Å². The van der Waals surface area contributed by atoms with Crippen LogP contribution in [0.5, 0.6) is 0 Å². The molecule has 1 rings (SSSR count). The minimum Gasteiger partial charge on any atom is -0.377 e. The molecule has 4 heteroatoms. The van der Waals surface area contributed by atoms with E-state index in [1.807, 2.05) is 11.8 Å². The number of carbonyl (C=O) groups is 1. The topological polar surface area (TPSA) is 29.5 Å². The molecule has 16 heavy (non-hydrogen) atoms. The fraction of sp³-hybridized carbons (Fsp3) is 0.917. The Hall–Kier alpha value is -0.280. The number of likely N-dealkylation sites (tertiary alicyclic amines) is 1. The predicted molar refractivity (Wildman–Crippen MR) is 65.7 cm³/mol. The summed E-state index contributed by atoms with van der Waals surface area (Å²) in [4.78, 5) is 13.9. The van der Waals surface area contributed by atoms with Gasteiger partial charge in [0.25, 0.3) is 0 Å². The zero-order chi connectivity index (χ0) is 12.0. The van der Waals surface area contributed by atoms with E-state index in [4.69, 9.17) is 16.3 Å². The van der Waals surface area contributed by atoms with Gasteiger partial charge in [0.2, 0.25) is 5.91 Å². The first-order valence-electron chi connectivity index (χ1n) is 6.15. The predicted octanol–water partition coefficient (Wildman–Crippen LogP) is 2.28. The van der Waals surface area contributed by atoms with Gasteiger partial charge >= 0.3 is 0 Å². The van der Waals surface area contributed by atoms with Gasteiger partial charge in [-0.3, -0.25) is 4.79 Å². The number of hydrogen-bond acceptors (Lipinski definition) is 2. The van der Waals surface area contributed by atoms with Gasteiger partial charge in [-0.15, -0.1) is 11.6 Å². The Labute approximate surface area is 103 Å². The van der Waals surface area contributed by atoms with Gasteiger partial charge in [-0.1, -0.05) is 13.8 Å². The second-order valence-electron chi connectivity index (χ2n) is 4.39. The fourth-order valence-corrected chi connectivity index (χ4v) is 2.03. The minimum absolute atomic E-state index is 0.153. The molecular formula is C12H22ClNO2. The second-order valence-corrected chi connectivity index (χ2v) is 4.77. The SMILES string of the molecule is CCC(C)C(=O)N1CCC(OCCCl)CC1. The number of ether oxygens (including phenoxy) is 1. The van der Waals surface area contributed by atoms with Crippen molar-refractivity contribution in [3.63, 3.8) is 0 Å². The van der Waals surface area contributed by atoms with Crippen LogP contribution in [-0.2, 0) is 9.53 Å². The van der Waals surface area contributed by atoms with Gasteiger partial charge in [0.05, 0.1) is 12.7 Å². The minimum atomic E-state index is 0.153. The highest BCUT2D eigenvalue weighted by atomic mass is 35.5. The molecule has 3 nitrogen and oxygen atoms in total. The smallest absolute Gasteiger partial charge is 0.225 e. The summed E-state index contributed by atoms with van der Waals surface area (Å²) in [5, 5.41) is 0. The third kappa shape index (κ3) is 3.95. The highest BCUT2D eigenvalue weighted by Gasteiger charge is 2.25. The molecule has 0 N–H and O–H groups in total. The number of alkyl halides is 1. The molecule has 1 amide bonds. The number of halogens is 1. The average Bonchev–Trinajstić information content (AvgIpc) is 2.35. The molecule has 0 radical (unpaired) electrons. The Kier molecular flexibility index (Phi) is 6.14. The van der Waals surface area contributed by atoms with Crippen LogP contribution in [0.1, 0.15) is 33.1 Å². The first-order chi connectivity index (χ1) is 7.69. The quantitative estimate of drug-likeness (QED) is 0.698. The van der Waals surface area contributed by atoms with E-state index in [0.29, 0.717) is 24.5 Å². The van der Waals surface area contributed by atoms with E-state index in [2.05, 4.69) is 6.92 Å². The molecule has 0 saturated carbocycles. The molecule has 0 spiro atoms. The van der Waals surface area contributed by atoms with E-state index < -0.39 is 0 Å². The monoisotopic (exact) mass is 247 g/mol. The van der Waals surface area contributed by atoms with Crippen LogP contribution in [0, 0.1) is 5.92 Å². The van der Waals surface area contributed by atoms with Gasteiger partial charge in [-0.2, -0.15) is 0 Å². The zero-order valence-electron chi connectivity index (χ0n) is 10.2. The molecule has 0 aromatic heterocycles.